The summed E-state index contributed by atoms with van der Waals surface area (Å²) >= 11 is 0. The largest absolute Gasteiger partial charge is 0.421 e. The number of aryl methyl sites for hydroxylation is 3. The summed E-state index contributed by atoms with van der Waals surface area (Å²) < 4.78 is 32.0. The van der Waals surface area contributed by atoms with Gasteiger partial charge in [-0.25, -0.2) is 39.3 Å². The molecule has 1 aliphatic rings. The number of carbonyl (C=O) groups excluding carboxylic acids is 1. The van der Waals surface area contributed by atoms with Crippen molar-refractivity contribution in [2.24, 2.45) is 7.05 Å². The molecule has 20 heteroatoms. The van der Waals surface area contributed by atoms with Crippen LogP contribution in [0, 0.1) is 18.2 Å². The summed E-state index contributed by atoms with van der Waals surface area (Å²) in [5, 5.41) is 8.18. The zero-order valence-electron chi connectivity index (χ0n) is 40.2. The van der Waals surface area contributed by atoms with Crippen LogP contribution in [0.2, 0.25) is 0 Å². The Morgan fingerprint density at radius 2 is 1.52 bits per heavy atom. The van der Waals surface area contributed by atoms with E-state index in [2.05, 4.69) is 62.8 Å². The molecule has 19 nitrogen and oxygen atoms in total. The molecule has 12 rings (SSSR count). The van der Waals surface area contributed by atoms with Gasteiger partial charge in [0.25, 0.3) is 5.91 Å². The average Bonchev–Trinajstić information content (AvgIpc) is 3.94. The number of fused-ring (bicyclic) bond motifs is 3. The molecule has 1 fully saturated rings. The lowest BCUT2D eigenvalue weighted by Crippen LogP contribution is -2.12. The fraction of sp³-hybridized carbons (Fsp3) is 0.127. The lowest BCUT2D eigenvalue weighted by molar-refractivity contribution is -0.112. The molecule has 0 unspecified atom stereocenters. The van der Waals surface area contributed by atoms with Gasteiger partial charge in [0, 0.05) is 77.4 Å². The second kappa shape index (κ2) is 18.4. The Labute approximate surface area is 425 Å². The molecule has 3 aromatic carbocycles. The first kappa shape index (κ1) is 45.8. The summed E-state index contributed by atoms with van der Waals surface area (Å²) in [6.45, 7) is 5.69. The van der Waals surface area contributed by atoms with Crippen LogP contribution in [0.25, 0.3) is 89.3 Å². The fourth-order valence-electron chi connectivity index (χ4n) is 9.21. The minimum Gasteiger partial charge on any atom is -0.421 e. The Morgan fingerprint density at radius 3 is 2.25 bits per heavy atom. The number of nitrogens with one attached hydrogen (secondary N) is 1. The van der Waals surface area contributed by atoms with E-state index in [4.69, 9.17) is 37.1 Å². The molecule has 1 aliphatic carbocycles. The van der Waals surface area contributed by atoms with Crippen LogP contribution in [0.15, 0.2) is 127 Å². The van der Waals surface area contributed by atoms with Crippen LogP contribution < -0.4 is 21.5 Å². The van der Waals surface area contributed by atoms with Crippen LogP contribution in [-0.2, 0) is 24.8 Å². The number of amides is 1. The number of nitrogens with zero attached hydrogens (tertiary/aromatic N) is 13. The first-order valence-corrected chi connectivity index (χ1v) is 23.6. The number of halogens is 1. The molecule has 0 atom stereocenters. The highest BCUT2D eigenvalue weighted by atomic mass is 19.1. The predicted octanol–water partition coefficient (Wildman–Crippen LogP) is 9.27. The minimum atomic E-state index is -0.675. The summed E-state index contributed by atoms with van der Waals surface area (Å²) in [5.74, 6) is 3.70. The summed E-state index contributed by atoms with van der Waals surface area (Å²) in [7, 11) is 1.86. The van der Waals surface area contributed by atoms with E-state index in [-0.39, 0.29) is 29.3 Å². The number of pyridine rings is 1. The second-order valence-electron chi connectivity index (χ2n) is 18.0. The number of aromatic nitrogens is 13. The van der Waals surface area contributed by atoms with Crippen molar-refractivity contribution in [1.82, 2.24) is 64.1 Å². The number of nitrogen functional groups attached to an aromatic ring is 2. The van der Waals surface area contributed by atoms with Gasteiger partial charge in [-0.15, -0.1) is 6.42 Å². The molecule has 0 aliphatic heterocycles. The van der Waals surface area contributed by atoms with Crippen molar-refractivity contribution in [2.45, 2.75) is 38.6 Å². The van der Waals surface area contributed by atoms with Gasteiger partial charge in [-0.1, -0.05) is 48.1 Å². The molecule has 0 radical (unpaired) electrons. The molecule has 366 valence electrons. The molecule has 8 heterocycles. The lowest BCUT2D eigenvalue weighted by atomic mass is 9.98. The molecule has 0 spiro atoms. The zero-order valence-corrected chi connectivity index (χ0v) is 40.2. The zero-order chi connectivity index (χ0) is 51.5. The molecule has 8 aromatic heterocycles. The third-order valence-corrected chi connectivity index (χ3v) is 13.0. The number of carbonyl (C=O) groups is 1. The van der Waals surface area contributed by atoms with Gasteiger partial charge in [-0.2, -0.15) is 9.97 Å². The molecular formula is C55H41FN16O3. The molecule has 0 bridgehead atoms. The Balaban J connectivity index is 0.868. The number of nitrogens with two attached hydrogens (primary N) is 2. The number of benzene rings is 3. The van der Waals surface area contributed by atoms with Gasteiger partial charge in [0.2, 0.25) is 11.7 Å². The number of hydrogen-bond donors (Lipinski definition) is 3. The summed E-state index contributed by atoms with van der Waals surface area (Å²) in [4.78, 5) is 57.8. The summed E-state index contributed by atoms with van der Waals surface area (Å²) in [5.41, 5.74) is 23.3. The quantitative estimate of drug-likeness (QED) is 0.0718. The maximum Gasteiger partial charge on any atom is 0.322 e. The smallest absolute Gasteiger partial charge is 0.322 e. The standard InChI is InChI=1S/C55H41FN16O3/c1-5-35-25-60-39-23-33(12-15-38(39)66-35)46-43(44-48(57)62-26-64-51(44)71(46)4)32-13-16-40(37(56)22-32)74-55-59-20-18-36(67-55)19-21-72-47(34-14-17-41(61-24-34)68-53(73)28(2)3)42(45-49(58)63-27-65-52(45)72)29-6-8-30(9-7-29)50-69-54(75-70-50)31-10-11-31/h1,6-9,12-18,20,22-27,31H,2,10-11,19,21H2,3-4H3,(H2,57,62,64)(H2,58,63,65)(H,61,68,73). The van der Waals surface area contributed by atoms with Gasteiger partial charge in [0.05, 0.1) is 39.4 Å². The summed E-state index contributed by atoms with van der Waals surface area (Å²) in [6, 6.07) is 23.3. The number of hydrogen-bond acceptors (Lipinski definition) is 16. The molecule has 0 saturated heterocycles. The number of rotatable bonds is 13. The molecule has 75 heavy (non-hydrogen) atoms. The lowest BCUT2D eigenvalue weighted by Gasteiger charge is -2.14. The van der Waals surface area contributed by atoms with Crippen molar-refractivity contribution in [1.29, 1.82) is 0 Å². The molecular weight excluding hydrogens is 952 g/mol. The van der Waals surface area contributed by atoms with Crippen molar-refractivity contribution in [2.75, 3.05) is 16.8 Å². The van der Waals surface area contributed by atoms with Crippen molar-refractivity contribution >= 4 is 56.5 Å². The van der Waals surface area contributed by atoms with Gasteiger partial charge in [-0.3, -0.25) is 9.78 Å². The maximum atomic E-state index is 16.5. The van der Waals surface area contributed by atoms with Gasteiger partial charge in [-0.05, 0) is 79.3 Å². The van der Waals surface area contributed by atoms with E-state index >= 15 is 4.39 Å². The fourth-order valence-corrected chi connectivity index (χ4v) is 9.21. The van der Waals surface area contributed by atoms with Crippen LogP contribution in [-0.4, -0.2) is 70.0 Å². The maximum absolute atomic E-state index is 16.5. The van der Waals surface area contributed by atoms with Crippen LogP contribution in [0.5, 0.6) is 11.8 Å². The van der Waals surface area contributed by atoms with E-state index in [0.29, 0.717) is 109 Å². The SMILES string of the molecule is C#Cc1cnc2cc(-c3c(-c4ccc(Oc5nccc(CCn6c(-c7ccc(NC(=O)C(=C)C)nc7)c(-c7ccc(-c8noc(C9CC9)n8)cc7)c7c(N)ncnc76)n5)c(F)c4)c4c(N)ncnc4n3C)ccc2n1. The van der Waals surface area contributed by atoms with Crippen molar-refractivity contribution < 1.29 is 18.4 Å². The topological polar surface area (TPSA) is 255 Å². The first-order chi connectivity index (χ1) is 36.5. The normalized spacial score (nSPS) is 12.3. The van der Waals surface area contributed by atoms with Gasteiger partial charge >= 0.3 is 6.01 Å². The van der Waals surface area contributed by atoms with Crippen LogP contribution in [0.1, 0.15) is 43.0 Å². The Morgan fingerprint density at radius 1 is 0.800 bits per heavy atom. The molecule has 5 N–H and O–H groups in total. The Hall–Kier alpha value is -10.3. The predicted molar refractivity (Wildman–Crippen MR) is 280 cm³/mol. The highest BCUT2D eigenvalue weighted by molar-refractivity contribution is 6.09. The molecule has 11 aromatic rings. The number of terminal acetylenes is 1. The second-order valence-corrected chi connectivity index (χ2v) is 18.0. The van der Waals surface area contributed by atoms with E-state index in [1.807, 2.05) is 64.7 Å². The number of anilines is 3. The van der Waals surface area contributed by atoms with Crippen molar-refractivity contribution in [3.8, 4) is 80.3 Å². The Kier molecular flexibility index (Phi) is 11.2. The monoisotopic (exact) mass is 992 g/mol. The van der Waals surface area contributed by atoms with E-state index in [9.17, 15) is 4.79 Å². The third kappa shape index (κ3) is 8.42. The van der Waals surface area contributed by atoms with Crippen molar-refractivity contribution in [3.05, 3.63) is 145 Å². The Bertz CT molecular complexity index is 4160. The van der Waals surface area contributed by atoms with Crippen LogP contribution >= 0.6 is 0 Å². The summed E-state index contributed by atoms with van der Waals surface area (Å²) in [6.07, 6.45) is 15.6. The highest BCUT2D eigenvalue weighted by Crippen LogP contribution is 2.45. The van der Waals surface area contributed by atoms with Crippen LogP contribution in [0.3, 0.4) is 0 Å². The molecule has 1 amide bonds. The first-order valence-electron chi connectivity index (χ1n) is 23.6. The van der Waals surface area contributed by atoms with E-state index < -0.39 is 5.82 Å². The molecule has 1 saturated carbocycles. The van der Waals surface area contributed by atoms with Gasteiger partial charge < -0.3 is 35.2 Å². The van der Waals surface area contributed by atoms with Gasteiger partial charge in [0.1, 0.15) is 47.1 Å². The van der Waals surface area contributed by atoms with E-state index in [1.165, 1.54) is 31.0 Å². The van der Waals surface area contributed by atoms with E-state index in [1.54, 1.807) is 37.5 Å². The highest BCUT2D eigenvalue weighted by Gasteiger charge is 2.30. The third-order valence-electron chi connectivity index (χ3n) is 13.0. The van der Waals surface area contributed by atoms with Crippen LogP contribution in [0.4, 0.5) is 21.8 Å². The van der Waals surface area contributed by atoms with Gasteiger partial charge in [0.15, 0.2) is 11.6 Å². The van der Waals surface area contributed by atoms with E-state index in [0.717, 1.165) is 40.8 Å². The number of ether oxygens (including phenoxy) is 1. The minimum absolute atomic E-state index is 0.0692. The average molecular weight is 993 g/mol. The van der Waals surface area contributed by atoms with Crippen molar-refractivity contribution in [3.63, 3.8) is 0 Å².